The van der Waals surface area contributed by atoms with Crippen molar-refractivity contribution >= 4 is 5.78 Å². The molecule has 1 aromatic rings. The molecule has 23 heavy (non-hydrogen) atoms. The molecule has 2 fully saturated rings. The zero-order chi connectivity index (χ0) is 16.2. The van der Waals surface area contributed by atoms with Crippen LogP contribution in [0.2, 0.25) is 0 Å². The second-order valence-electron chi connectivity index (χ2n) is 7.68. The molecular formula is C17H19NO5. The van der Waals surface area contributed by atoms with E-state index in [1.165, 1.54) is 0 Å². The van der Waals surface area contributed by atoms with Gasteiger partial charge < -0.3 is 24.8 Å². The lowest BCUT2D eigenvalue weighted by Gasteiger charge is -2.65. The average Bonchev–Trinajstić information content (AvgIpc) is 2.86. The van der Waals surface area contributed by atoms with Gasteiger partial charge in [0, 0.05) is 24.8 Å². The largest absolute Gasteiger partial charge is 0.633 e. The molecule has 2 aliphatic heterocycles. The molecular weight excluding hydrogens is 298 g/mol. The minimum absolute atomic E-state index is 0.00562. The Bertz CT molecular complexity index is 760. The van der Waals surface area contributed by atoms with Crippen LogP contribution in [0.4, 0.5) is 0 Å². The molecule has 1 saturated heterocycles. The first-order valence-corrected chi connectivity index (χ1v) is 8.14. The molecule has 5 atom stereocenters. The fourth-order valence-electron chi connectivity index (χ4n) is 5.71. The molecule has 2 bridgehead atoms. The molecule has 0 aromatic heterocycles. The summed E-state index contributed by atoms with van der Waals surface area (Å²) in [7, 11) is 1.61. The molecule has 122 valence electrons. The van der Waals surface area contributed by atoms with Crippen LogP contribution in [0.15, 0.2) is 12.1 Å². The van der Waals surface area contributed by atoms with Crippen LogP contribution in [0.5, 0.6) is 11.5 Å². The van der Waals surface area contributed by atoms with Crippen LogP contribution in [-0.2, 0) is 16.6 Å². The van der Waals surface area contributed by atoms with Crippen LogP contribution in [0.3, 0.4) is 0 Å². The quantitative estimate of drug-likeness (QED) is 0.544. The molecule has 6 nitrogen and oxygen atoms in total. The smallest absolute Gasteiger partial charge is 0.174 e. The van der Waals surface area contributed by atoms with E-state index < -0.39 is 27.8 Å². The summed E-state index contributed by atoms with van der Waals surface area (Å²) >= 11 is 0. The van der Waals surface area contributed by atoms with Crippen molar-refractivity contribution in [2.24, 2.45) is 0 Å². The van der Waals surface area contributed by atoms with Gasteiger partial charge in [0.1, 0.15) is 11.6 Å². The van der Waals surface area contributed by atoms with Gasteiger partial charge in [0.05, 0.1) is 19.0 Å². The van der Waals surface area contributed by atoms with Gasteiger partial charge in [-0.2, -0.15) is 0 Å². The van der Waals surface area contributed by atoms with Crippen LogP contribution in [0, 0.1) is 5.21 Å². The van der Waals surface area contributed by atoms with E-state index in [0.717, 1.165) is 11.1 Å². The first-order chi connectivity index (χ1) is 10.8. The number of ether oxygens (including phenoxy) is 1. The summed E-state index contributed by atoms with van der Waals surface area (Å²) in [6.45, 7) is 0.342. The summed E-state index contributed by atoms with van der Waals surface area (Å²) in [6, 6.07) is 2.86. The van der Waals surface area contributed by atoms with Gasteiger partial charge in [-0.05, 0) is 18.1 Å². The maximum atomic E-state index is 13.0. The summed E-state index contributed by atoms with van der Waals surface area (Å²) in [5.74, 6) is 0.298. The molecule has 1 aromatic carbocycles. The van der Waals surface area contributed by atoms with Gasteiger partial charge in [-0.15, -0.1) is 0 Å². The maximum Gasteiger partial charge on any atom is 0.174 e. The topological polar surface area (TPSA) is 89.8 Å². The average molecular weight is 317 g/mol. The van der Waals surface area contributed by atoms with Crippen molar-refractivity contribution in [2.45, 2.75) is 48.8 Å². The highest BCUT2D eigenvalue weighted by Crippen LogP contribution is 2.65. The second kappa shape index (κ2) is 3.71. The van der Waals surface area contributed by atoms with Crippen LogP contribution in [-0.4, -0.2) is 52.0 Å². The predicted molar refractivity (Wildman–Crippen MR) is 79.9 cm³/mol. The zero-order valence-corrected chi connectivity index (χ0v) is 12.9. The number of benzene rings is 1. The number of phenols is 1. The Morgan fingerprint density at radius 2 is 2.17 bits per heavy atom. The van der Waals surface area contributed by atoms with Gasteiger partial charge >= 0.3 is 0 Å². The number of rotatable bonds is 0. The molecule has 1 spiro atoms. The van der Waals surface area contributed by atoms with Crippen molar-refractivity contribution in [3.63, 3.8) is 0 Å². The molecule has 6 heteroatoms. The number of carbonyl (C=O) groups is 1. The van der Waals surface area contributed by atoms with E-state index in [0.29, 0.717) is 31.6 Å². The molecule has 0 radical (unpaired) electrons. The van der Waals surface area contributed by atoms with E-state index >= 15 is 0 Å². The number of ketones is 1. The molecule has 1 saturated carbocycles. The van der Waals surface area contributed by atoms with E-state index in [9.17, 15) is 20.2 Å². The normalized spacial score (nSPS) is 46.3. The SMILES string of the molecule is C[N@+]1([O-])CC[C@]23c4c5ccc(O)c4O[C@H]2C(=O)CC[C@@]3(O)[C@H]1C5. The van der Waals surface area contributed by atoms with E-state index in [1.54, 1.807) is 19.2 Å². The van der Waals surface area contributed by atoms with Crippen molar-refractivity contribution in [2.75, 3.05) is 13.6 Å². The van der Waals surface area contributed by atoms with Gasteiger partial charge in [0.15, 0.2) is 23.4 Å². The standard InChI is InChI=1S/C17H19NO5/c1-18(22)7-6-16-13-9-2-3-10(19)14(13)23-15(16)11(20)4-5-17(16,21)12(18)8-9/h2-3,12,15,19,21H,4-8H2,1H3/t12-,15+,16+,17-,18+/m1/s1. The Morgan fingerprint density at radius 3 is 2.96 bits per heavy atom. The number of carbonyl (C=O) groups excluding carboxylic acids is 1. The van der Waals surface area contributed by atoms with E-state index in [1.807, 2.05) is 0 Å². The molecule has 4 aliphatic rings. The first-order valence-electron chi connectivity index (χ1n) is 8.14. The molecule has 2 aliphatic carbocycles. The number of piperidine rings is 1. The Hall–Kier alpha value is -1.63. The number of likely N-dealkylation sites (tertiary alicyclic amines) is 1. The number of aliphatic hydroxyl groups is 1. The Labute approximate surface area is 133 Å². The van der Waals surface area contributed by atoms with E-state index in [2.05, 4.69) is 0 Å². The Kier molecular flexibility index (Phi) is 2.22. The maximum absolute atomic E-state index is 13.0. The Balaban J connectivity index is 1.88. The number of hydroxylamine groups is 3. The molecule has 2 N–H and O–H groups in total. The van der Waals surface area contributed by atoms with Crippen LogP contribution >= 0.6 is 0 Å². The fourth-order valence-corrected chi connectivity index (χ4v) is 5.71. The lowest BCUT2D eigenvalue weighted by molar-refractivity contribution is -0.904. The van der Waals surface area contributed by atoms with Crippen LogP contribution in [0.1, 0.15) is 30.4 Å². The number of nitrogens with zero attached hydrogens (tertiary/aromatic N) is 1. The molecule has 2 heterocycles. The van der Waals surface area contributed by atoms with Gasteiger partial charge in [-0.25, -0.2) is 0 Å². The lowest BCUT2D eigenvalue weighted by Crippen LogP contribution is -2.79. The highest BCUT2D eigenvalue weighted by molar-refractivity contribution is 5.89. The predicted octanol–water partition coefficient (Wildman–Crippen LogP) is 0.758. The van der Waals surface area contributed by atoms with E-state index in [-0.39, 0.29) is 18.0 Å². The zero-order valence-electron chi connectivity index (χ0n) is 12.9. The van der Waals surface area contributed by atoms with Crippen molar-refractivity contribution in [1.29, 1.82) is 0 Å². The minimum Gasteiger partial charge on any atom is -0.633 e. The van der Waals surface area contributed by atoms with Crippen molar-refractivity contribution in [3.05, 3.63) is 28.5 Å². The first kappa shape index (κ1) is 13.8. The third-order valence-electron chi connectivity index (χ3n) is 6.74. The highest BCUT2D eigenvalue weighted by Gasteiger charge is 2.75. The monoisotopic (exact) mass is 317 g/mol. The van der Waals surface area contributed by atoms with Gasteiger partial charge in [0.25, 0.3) is 0 Å². The Morgan fingerprint density at radius 1 is 1.39 bits per heavy atom. The van der Waals surface area contributed by atoms with Crippen molar-refractivity contribution in [1.82, 2.24) is 0 Å². The number of phenolic OH excluding ortho intramolecular Hbond substituents is 1. The van der Waals surface area contributed by atoms with Gasteiger partial charge in [0.2, 0.25) is 0 Å². The van der Waals surface area contributed by atoms with E-state index in [4.69, 9.17) is 4.74 Å². The number of likely N-dealkylation sites (N-methyl/N-ethyl adjacent to an activating group) is 1. The molecule has 5 rings (SSSR count). The van der Waals surface area contributed by atoms with Gasteiger partial charge in [-0.1, -0.05) is 6.07 Å². The summed E-state index contributed by atoms with van der Waals surface area (Å²) in [4.78, 5) is 12.5. The summed E-state index contributed by atoms with van der Waals surface area (Å²) in [6.07, 6.45) is 0.571. The number of hydrogen-bond donors (Lipinski definition) is 2. The fraction of sp³-hybridized carbons (Fsp3) is 0.588. The molecule has 0 unspecified atom stereocenters. The van der Waals surface area contributed by atoms with Crippen molar-refractivity contribution in [3.8, 4) is 11.5 Å². The number of aromatic hydroxyl groups is 1. The number of quaternary nitrogens is 1. The van der Waals surface area contributed by atoms with Crippen LogP contribution in [0.25, 0.3) is 0 Å². The second-order valence-corrected chi connectivity index (χ2v) is 7.68. The van der Waals surface area contributed by atoms with Crippen molar-refractivity contribution < 1.29 is 24.4 Å². The third kappa shape index (κ3) is 1.28. The number of Topliss-reactive ketones (excluding diaryl/α,β-unsaturated/α-hetero) is 1. The summed E-state index contributed by atoms with van der Waals surface area (Å²) in [5.41, 5.74) is -0.443. The van der Waals surface area contributed by atoms with Crippen LogP contribution < -0.4 is 4.74 Å². The minimum atomic E-state index is -1.26. The number of hydrogen-bond acceptors (Lipinski definition) is 5. The highest BCUT2D eigenvalue weighted by atomic mass is 16.6. The molecule has 0 amide bonds. The third-order valence-corrected chi connectivity index (χ3v) is 6.74. The summed E-state index contributed by atoms with van der Waals surface area (Å²) < 4.78 is 5.40. The lowest BCUT2D eigenvalue weighted by atomic mass is 9.49. The summed E-state index contributed by atoms with van der Waals surface area (Å²) in [5, 5.41) is 34.8. The van der Waals surface area contributed by atoms with Gasteiger partial charge in [-0.3, -0.25) is 4.79 Å².